The number of sulfone groups is 1. The van der Waals surface area contributed by atoms with Gasteiger partial charge in [-0.05, 0) is 6.92 Å². The summed E-state index contributed by atoms with van der Waals surface area (Å²) in [6.07, 6.45) is 0.975. The van der Waals surface area contributed by atoms with Crippen LogP contribution in [-0.2, 0) is 14.6 Å². The average Bonchev–Trinajstić information content (AvgIpc) is 2.63. The first-order valence-corrected chi connectivity index (χ1v) is 7.25. The molecule has 0 fully saturated rings. The van der Waals surface area contributed by atoms with Crippen molar-refractivity contribution in [1.82, 2.24) is 15.5 Å². The molecule has 1 aromatic heterocycles. The number of nitrogens with zero attached hydrogens (tertiary/aromatic N) is 2. The van der Waals surface area contributed by atoms with E-state index < -0.39 is 26.5 Å². The van der Waals surface area contributed by atoms with Crippen LogP contribution >= 0.6 is 0 Å². The second kappa shape index (κ2) is 4.68. The standard InChI is InChI=1S/C10H17N3O4S/c1-6(11-8(14)10(2,3)4)7-12-13-9(17-7)18(5,15)16/h6H,1-5H3,(H,11,14)/t6-/m0/s1. The van der Waals surface area contributed by atoms with E-state index >= 15 is 0 Å². The zero-order valence-electron chi connectivity index (χ0n) is 11.0. The Morgan fingerprint density at radius 1 is 1.33 bits per heavy atom. The molecule has 1 heterocycles. The van der Waals surface area contributed by atoms with E-state index in [0.717, 1.165) is 6.26 Å². The van der Waals surface area contributed by atoms with Gasteiger partial charge in [0.05, 0.1) is 0 Å². The maximum atomic E-state index is 11.7. The predicted molar refractivity (Wildman–Crippen MR) is 63.4 cm³/mol. The molecule has 1 aromatic rings. The van der Waals surface area contributed by atoms with Crippen LogP contribution in [0.15, 0.2) is 9.64 Å². The van der Waals surface area contributed by atoms with Gasteiger partial charge in [0.2, 0.25) is 21.6 Å². The van der Waals surface area contributed by atoms with Crippen molar-refractivity contribution in [2.75, 3.05) is 6.26 Å². The Labute approximate surface area is 106 Å². The molecule has 0 saturated carbocycles. The molecule has 0 aliphatic carbocycles. The van der Waals surface area contributed by atoms with Gasteiger partial charge in [0, 0.05) is 11.7 Å². The number of carbonyl (C=O) groups excluding carboxylic acids is 1. The fourth-order valence-corrected chi connectivity index (χ4v) is 1.45. The van der Waals surface area contributed by atoms with E-state index in [1.807, 2.05) is 0 Å². The molecular formula is C10H17N3O4S. The predicted octanol–water partition coefficient (Wildman–Crippen LogP) is 0.696. The van der Waals surface area contributed by atoms with Crippen LogP contribution in [0, 0.1) is 5.41 Å². The van der Waals surface area contributed by atoms with Gasteiger partial charge in [-0.15, -0.1) is 5.10 Å². The fourth-order valence-electron chi connectivity index (χ4n) is 1.02. The first kappa shape index (κ1) is 14.6. The fraction of sp³-hybridized carbons (Fsp3) is 0.700. The van der Waals surface area contributed by atoms with Crippen molar-refractivity contribution in [2.45, 2.75) is 39.0 Å². The van der Waals surface area contributed by atoms with E-state index in [0.29, 0.717) is 0 Å². The molecule has 0 spiro atoms. The third-order valence-electron chi connectivity index (χ3n) is 2.14. The lowest BCUT2D eigenvalue weighted by atomic mass is 9.95. The third kappa shape index (κ3) is 3.52. The summed E-state index contributed by atoms with van der Waals surface area (Å²) in [6, 6.07) is -0.542. The van der Waals surface area contributed by atoms with E-state index in [1.165, 1.54) is 0 Å². The number of rotatable bonds is 3. The molecule has 1 rings (SSSR count). The monoisotopic (exact) mass is 275 g/mol. The minimum Gasteiger partial charge on any atom is -0.410 e. The number of hydrogen-bond acceptors (Lipinski definition) is 6. The lowest BCUT2D eigenvalue weighted by Gasteiger charge is -2.19. The summed E-state index contributed by atoms with van der Waals surface area (Å²) in [6.45, 7) is 6.95. The summed E-state index contributed by atoms with van der Waals surface area (Å²) in [7, 11) is -3.53. The minimum atomic E-state index is -3.53. The Morgan fingerprint density at radius 2 is 1.89 bits per heavy atom. The molecule has 0 unspecified atom stereocenters. The molecule has 0 radical (unpaired) electrons. The summed E-state index contributed by atoms with van der Waals surface area (Å²) in [5.41, 5.74) is -0.548. The van der Waals surface area contributed by atoms with Gasteiger partial charge in [-0.1, -0.05) is 25.9 Å². The summed E-state index contributed by atoms with van der Waals surface area (Å²) in [5, 5.41) is 9.25. The van der Waals surface area contributed by atoms with Crippen molar-refractivity contribution in [1.29, 1.82) is 0 Å². The molecule has 7 nitrogen and oxygen atoms in total. The maximum Gasteiger partial charge on any atom is 0.335 e. The third-order valence-corrected chi connectivity index (χ3v) is 2.94. The first-order valence-electron chi connectivity index (χ1n) is 5.36. The highest BCUT2D eigenvalue weighted by Gasteiger charge is 2.26. The minimum absolute atomic E-state index is 0.0630. The molecule has 0 aromatic carbocycles. The Kier molecular flexibility index (Phi) is 3.80. The van der Waals surface area contributed by atoms with Gasteiger partial charge in [0.15, 0.2) is 0 Å². The number of hydrogen-bond donors (Lipinski definition) is 1. The van der Waals surface area contributed by atoms with Gasteiger partial charge < -0.3 is 9.73 Å². The zero-order chi connectivity index (χ0) is 14.1. The van der Waals surface area contributed by atoms with Crippen LogP contribution in [0.4, 0.5) is 0 Å². The van der Waals surface area contributed by atoms with Gasteiger partial charge in [0.1, 0.15) is 6.04 Å². The van der Waals surface area contributed by atoms with E-state index in [1.54, 1.807) is 27.7 Å². The van der Waals surface area contributed by atoms with E-state index in [9.17, 15) is 13.2 Å². The second-order valence-corrected chi connectivity index (χ2v) is 7.02. The van der Waals surface area contributed by atoms with Crippen LogP contribution in [-0.4, -0.2) is 30.8 Å². The molecule has 1 N–H and O–H groups in total. The van der Waals surface area contributed by atoms with Crippen LogP contribution in [0.1, 0.15) is 39.6 Å². The highest BCUT2D eigenvalue weighted by Crippen LogP contribution is 2.18. The maximum absolute atomic E-state index is 11.7. The molecule has 102 valence electrons. The summed E-state index contributed by atoms with van der Waals surface area (Å²) >= 11 is 0. The number of aromatic nitrogens is 2. The molecule has 0 bridgehead atoms. The quantitative estimate of drug-likeness (QED) is 0.871. The smallest absolute Gasteiger partial charge is 0.335 e. The van der Waals surface area contributed by atoms with Gasteiger partial charge in [-0.25, -0.2) is 8.42 Å². The lowest BCUT2D eigenvalue weighted by Crippen LogP contribution is -2.36. The molecular weight excluding hydrogens is 258 g/mol. The zero-order valence-corrected chi connectivity index (χ0v) is 11.8. The number of carbonyl (C=O) groups is 1. The van der Waals surface area contributed by atoms with Crippen LogP contribution in [0.5, 0.6) is 0 Å². The van der Waals surface area contributed by atoms with Crippen molar-refractivity contribution < 1.29 is 17.6 Å². The van der Waals surface area contributed by atoms with Gasteiger partial charge in [0.25, 0.3) is 0 Å². The summed E-state index contributed by atoms with van der Waals surface area (Å²) in [5.74, 6) is -0.123. The van der Waals surface area contributed by atoms with E-state index in [2.05, 4.69) is 15.5 Å². The molecule has 0 saturated heterocycles. The Balaban J connectivity index is 2.84. The van der Waals surface area contributed by atoms with Crippen molar-refractivity contribution in [2.24, 2.45) is 5.41 Å². The Morgan fingerprint density at radius 3 is 2.28 bits per heavy atom. The molecule has 0 aliphatic rings. The van der Waals surface area contributed by atoms with Crippen molar-refractivity contribution >= 4 is 15.7 Å². The average molecular weight is 275 g/mol. The lowest BCUT2D eigenvalue weighted by molar-refractivity contribution is -0.129. The SMILES string of the molecule is C[C@H](NC(=O)C(C)(C)C)c1nnc(S(C)(=O)=O)o1. The molecule has 18 heavy (non-hydrogen) atoms. The molecule has 1 atom stereocenters. The molecule has 8 heteroatoms. The van der Waals surface area contributed by atoms with Gasteiger partial charge in [-0.3, -0.25) is 4.79 Å². The topological polar surface area (TPSA) is 102 Å². The highest BCUT2D eigenvalue weighted by molar-refractivity contribution is 7.90. The normalized spacial score (nSPS) is 14.3. The van der Waals surface area contributed by atoms with E-state index in [-0.39, 0.29) is 11.8 Å². The van der Waals surface area contributed by atoms with Crippen LogP contribution in [0.2, 0.25) is 0 Å². The Bertz CT molecular complexity index is 542. The summed E-state index contributed by atoms with van der Waals surface area (Å²) in [4.78, 5) is 11.7. The second-order valence-electron chi connectivity index (χ2n) is 5.12. The number of nitrogens with one attached hydrogen (secondary N) is 1. The van der Waals surface area contributed by atoms with Crippen molar-refractivity contribution in [3.63, 3.8) is 0 Å². The van der Waals surface area contributed by atoms with E-state index in [4.69, 9.17) is 4.42 Å². The summed E-state index contributed by atoms with van der Waals surface area (Å²) < 4.78 is 27.3. The highest BCUT2D eigenvalue weighted by atomic mass is 32.2. The molecule has 1 amide bonds. The van der Waals surface area contributed by atoms with Gasteiger partial charge in [-0.2, -0.15) is 0 Å². The largest absolute Gasteiger partial charge is 0.410 e. The van der Waals surface area contributed by atoms with Crippen LogP contribution < -0.4 is 5.32 Å². The van der Waals surface area contributed by atoms with Crippen molar-refractivity contribution in [3.05, 3.63) is 5.89 Å². The van der Waals surface area contributed by atoms with Crippen LogP contribution in [0.3, 0.4) is 0 Å². The van der Waals surface area contributed by atoms with Crippen molar-refractivity contribution in [3.8, 4) is 0 Å². The first-order chi connectivity index (χ1) is 8.01. The number of amides is 1. The Hall–Kier alpha value is -1.44. The van der Waals surface area contributed by atoms with Gasteiger partial charge >= 0.3 is 5.22 Å². The van der Waals surface area contributed by atoms with Crippen LogP contribution in [0.25, 0.3) is 0 Å². The molecule has 0 aliphatic heterocycles.